The summed E-state index contributed by atoms with van der Waals surface area (Å²) in [5, 5.41) is 11.1. The number of esters is 1. The molecule has 0 saturated heterocycles. The van der Waals surface area contributed by atoms with Crippen LogP contribution in [0.2, 0.25) is 0 Å². The number of carbonyl (C=O) groups excluding carboxylic acids is 2. The molecule has 0 aliphatic heterocycles. The van der Waals surface area contributed by atoms with Gasteiger partial charge in [0, 0.05) is 12.1 Å². The Bertz CT molecular complexity index is 926. The van der Waals surface area contributed by atoms with Crippen LogP contribution in [0.5, 0.6) is 0 Å². The molecule has 27 heavy (non-hydrogen) atoms. The van der Waals surface area contributed by atoms with Crippen LogP contribution < -0.4 is 0 Å². The summed E-state index contributed by atoms with van der Waals surface area (Å²) in [7, 11) is 1.30. The monoisotopic (exact) mass is 365 g/mol. The third-order valence-corrected chi connectivity index (χ3v) is 4.09. The van der Waals surface area contributed by atoms with E-state index in [2.05, 4.69) is 15.5 Å². The molecule has 1 heterocycles. The molecule has 0 fully saturated rings. The number of amides is 1. The molecule has 0 N–H and O–H groups in total. The molecular weight excluding hydrogens is 346 g/mol. The largest absolute Gasteiger partial charge is 0.468 e. The van der Waals surface area contributed by atoms with Crippen LogP contribution in [0.4, 0.5) is 0 Å². The minimum Gasteiger partial charge on any atom is -0.468 e. The van der Waals surface area contributed by atoms with Crippen molar-refractivity contribution < 1.29 is 14.3 Å². The maximum absolute atomic E-state index is 13.0. The minimum absolute atomic E-state index is 0.127. The Morgan fingerprint density at radius 2 is 1.93 bits per heavy atom. The predicted octanol–water partition coefficient (Wildman–Crippen LogP) is 1.79. The van der Waals surface area contributed by atoms with Gasteiger partial charge in [0.2, 0.25) is 0 Å². The number of carbonyl (C=O) groups is 2. The molecule has 0 saturated carbocycles. The number of ether oxygens (including phenoxy) is 1. The fraction of sp³-hybridized carbons (Fsp3) is 0.211. The molecule has 8 nitrogen and oxygen atoms in total. The van der Waals surface area contributed by atoms with Gasteiger partial charge in [-0.1, -0.05) is 30.3 Å². The van der Waals surface area contributed by atoms with Crippen LogP contribution in [0.1, 0.15) is 21.5 Å². The highest BCUT2D eigenvalue weighted by atomic mass is 16.5. The fourth-order valence-corrected chi connectivity index (χ4v) is 2.72. The van der Waals surface area contributed by atoms with E-state index in [9.17, 15) is 9.59 Å². The molecule has 0 atom stereocenters. The Labute approximate surface area is 156 Å². The van der Waals surface area contributed by atoms with Crippen LogP contribution in [-0.4, -0.2) is 50.6 Å². The second-order valence-electron chi connectivity index (χ2n) is 5.98. The first-order valence-corrected chi connectivity index (χ1v) is 8.32. The first-order chi connectivity index (χ1) is 13.1. The van der Waals surface area contributed by atoms with Gasteiger partial charge in [0.05, 0.1) is 12.8 Å². The van der Waals surface area contributed by atoms with Gasteiger partial charge >= 0.3 is 5.97 Å². The van der Waals surface area contributed by atoms with E-state index in [-0.39, 0.29) is 12.5 Å². The van der Waals surface area contributed by atoms with E-state index in [0.717, 1.165) is 16.8 Å². The lowest BCUT2D eigenvalue weighted by Gasteiger charge is -2.22. The van der Waals surface area contributed by atoms with Crippen molar-refractivity contribution in [2.75, 3.05) is 13.7 Å². The van der Waals surface area contributed by atoms with Gasteiger partial charge < -0.3 is 9.64 Å². The van der Waals surface area contributed by atoms with E-state index in [1.807, 2.05) is 37.3 Å². The molecule has 1 amide bonds. The summed E-state index contributed by atoms with van der Waals surface area (Å²) in [4.78, 5) is 26.3. The maximum Gasteiger partial charge on any atom is 0.325 e. The number of benzene rings is 2. The Kier molecular flexibility index (Phi) is 5.55. The van der Waals surface area contributed by atoms with E-state index >= 15 is 0 Å². The molecule has 0 radical (unpaired) electrons. The number of aromatic nitrogens is 4. The van der Waals surface area contributed by atoms with Crippen LogP contribution in [0.3, 0.4) is 0 Å². The fourth-order valence-electron chi connectivity index (χ4n) is 2.72. The van der Waals surface area contributed by atoms with Gasteiger partial charge in [-0.2, -0.15) is 0 Å². The van der Waals surface area contributed by atoms with Crippen LogP contribution in [0.15, 0.2) is 54.9 Å². The second-order valence-corrected chi connectivity index (χ2v) is 5.98. The van der Waals surface area contributed by atoms with Crippen molar-refractivity contribution >= 4 is 11.9 Å². The number of methoxy groups -OCH3 is 1. The molecule has 0 spiro atoms. The third kappa shape index (κ3) is 4.35. The lowest BCUT2D eigenvalue weighted by molar-refractivity contribution is -0.141. The average molecular weight is 365 g/mol. The molecule has 1 aromatic heterocycles. The van der Waals surface area contributed by atoms with Crippen molar-refractivity contribution in [1.29, 1.82) is 0 Å². The number of nitrogens with zero attached hydrogens (tertiary/aromatic N) is 5. The summed E-state index contributed by atoms with van der Waals surface area (Å²) in [6, 6.07) is 14.7. The normalized spacial score (nSPS) is 10.4. The van der Waals surface area contributed by atoms with Crippen LogP contribution in [-0.2, 0) is 16.1 Å². The zero-order valence-electron chi connectivity index (χ0n) is 15.1. The quantitative estimate of drug-likeness (QED) is 0.619. The van der Waals surface area contributed by atoms with E-state index in [4.69, 9.17) is 4.74 Å². The minimum atomic E-state index is -0.471. The first-order valence-electron chi connectivity index (χ1n) is 8.32. The Balaban J connectivity index is 1.86. The van der Waals surface area contributed by atoms with Gasteiger partial charge in [0.15, 0.2) is 0 Å². The highest BCUT2D eigenvalue weighted by molar-refractivity contribution is 5.96. The smallest absolute Gasteiger partial charge is 0.325 e. The van der Waals surface area contributed by atoms with E-state index in [1.165, 1.54) is 23.0 Å². The second kappa shape index (κ2) is 8.22. The lowest BCUT2D eigenvalue weighted by atomic mass is 10.1. The summed E-state index contributed by atoms with van der Waals surface area (Å²) >= 11 is 0. The lowest BCUT2D eigenvalue weighted by Crippen LogP contribution is -2.35. The van der Waals surface area contributed by atoms with E-state index in [0.29, 0.717) is 12.1 Å². The van der Waals surface area contributed by atoms with Crippen molar-refractivity contribution in [3.8, 4) is 5.69 Å². The van der Waals surface area contributed by atoms with Gasteiger partial charge in [-0.15, -0.1) is 5.10 Å². The molecular formula is C19H19N5O3. The van der Waals surface area contributed by atoms with Crippen molar-refractivity contribution in [3.63, 3.8) is 0 Å². The summed E-state index contributed by atoms with van der Waals surface area (Å²) in [6.07, 6.45) is 1.49. The van der Waals surface area contributed by atoms with Crippen LogP contribution in [0, 0.1) is 6.92 Å². The van der Waals surface area contributed by atoms with Crippen molar-refractivity contribution in [3.05, 3.63) is 71.5 Å². The third-order valence-electron chi connectivity index (χ3n) is 4.09. The molecule has 0 bridgehead atoms. The number of hydrogen-bond donors (Lipinski definition) is 0. The van der Waals surface area contributed by atoms with Crippen molar-refractivity contribution in [1.82, 2.24) is 25.1 Å². The standard InChI is InChI=1S/C19H19N5O3/c1-14-10-16(8-9-17(14)24-13-20-21-22-24)19(26)23(12-18(25)27-2)11-15-6-4-3-5-7-15/h3-10,13H,11-12H2,1-2H3. The average Bonchev–Trinajstić information content (AvgIpc) is 3.22. The molecule has 138 valence electrons. The van der Waals surface area contributed by atoms with Crippen LogP contribution >= 0.6 is 0 Å². The maximum atomic E-state index is 13.0. The van der Waals surface area contributed by atoms with Gasteiger partial charge in [-0.25, -0.2) is 4.68 Å². The van der Waals surface area contributed by atoms with Crippen molar-refractivity contribution in [2.45, 2.75) is 13.5 Å². The summed E-state index contributed by atoms with van der Waals surface area (Å²) in [5.74, 6) is -0.725. The highest BCUT2D eigenvalue weighted by Gasteiger charge is 2.20. The number of rotatable bonds is 6. The van der Waals surface area contributed by atoms with Gasteiger partial charge in [-0.3, -0.25) is 9.59 Å². The Morgan fingerprint density at radius 1 is 1.15 bits per heavy atom. The molecule has 8 heteroatoms. The topological polar surface area (TPSA) is 90.2 Å². The SMILES string of the molecule is COC(=O)CN(Cc1ccccc1)C(=O)c1ccc(-n2cnnn2)c(C)c1. The highest BCUT2D eigenvalue weighted by Crippen LogP contribution is 2.17. The van der Waals surface area contributed by atoms with Gasteiger partial charge in [-0.05, 0) is 46.7 Å². The number of aryl methyl sites for hydroxylation is 1. The summed E-state index contributed by atoms with van der Waals surface area (Å²) in [5.41, 5.74) is 3.02. The molecule has 3 rings (SSSR count). The Morgan fingerprint density at radius 3 is 2.56 bits per heavy atom. The molecule has 2 aromatic carbocycles. The zero-order chi connectivity index (χ0) is 19.2. The molecule has 0 aliphatic rings. The molecule has 0 aliphatic carbocycles. The number of hydrogen-bond acceptors (Lipinski definition) is 6. The van der Waals surface area contributed by atoms with Gasteiger partial charge in [0.1, 0.15) is 12.9 Å². The van der Waals surface area contributed by atoms with Crippen molar-refractivity contribution in [2.24, 2.45) is 0 Å². The predicted molar refractivity (Wildman–Crippen MR) is 97.1 cm³/mol. The first kappa shape index (κ1) is 18.2. The van der Waals surface area contributed by atoms with E-state index in [1.54, 1.807) is 18.2 Å². The summed E-state index contributed by atoms with van der Waals surface area (Å²) < 4.78 is 6.27. The number of tetrazole rings is 1. The molecule has 3 aromatic rings. The zero-order valence-corrected chi connectivity index (χ0v) is 15.1. The Hall–Kier alpha value is -3.55. The summed E-state index contributed by atoms with van der Waals surface area (Å²) in [6.45, 7) is 2.05. The molecule has 0 unspecified atom stereocenters. The van der Waals surface area contributed by atoms with E-state index < -0.39 is 5.97 Å². The van der Waals surface area contributed by atoms with Crippen LogP contribution in [0.25, 0.3) is 5.69 Å². The van der Waals surface area contributed by atoms with Gasteiger partial charge in [0.25, 0.3) is 5.91 Å².